The van der Waals surface area contributed by atoms with Crippen LogP contribution < -0.4 is 10.1 Å². The molecule has 154 valence electrons. The van der Waals surface area contributed by atoms with Crippen molar-refractivity contribution in [3.63, 3.8) is 0 Å². The molecule has 2 aliphatic rings. The number of hydrogen-bond donors (Lipinski definition) is 1. The molecule has 1 N–H and O–H groups in total. The molecule has 1 fully saturated rings. The number of rotatable bonds is 1. The van der Waals surface area contributed by atoms with Crippen LogP contribution in [-0.4, -0.2) is 47.9 Å². The number of carbonyl (C=O) groups is 2. The van der Waals surface area contributed by atoms with Gasteiger partial charge >= 0.3 is 0 Å². The van der Waals surface area contributed by atoms with Crippen LogP contribution >= 0.6 is 11.3 Å². The Morgan fingerprint density at radius 2 is 2.03 bits per heavy atom. The molecule has 3 heterocycles. The molecule has 2 amide bonds. The molecular weight excluding hydrogens is 386 g/mol. The summed E-state index contributed by atoms with van der Waals surface area (Å²) in [5, 5.41) is 3.14. The first kappa shape index (κ1) is 19.9. The van der Waals surface area contributed by atoms with Gasteiger partial charge in [-0.05, 0) is 37.8 Å². The number of benzene rings is 1. The maximum absolute atomic E-state index is 12.9. The van der Waals surface area contributed by atoms with Gasteiger partial charge < -0.3 is 15.0 Å². The summed E-state index contributed by atoms with van der Waals surface area (Å²) in [5.74, 6) is 0.597. The fourth-order valence-electron chi connectivity index (χ4n) is 4.40. The summed E-state index contributed by atoms with van der Waals surface area (Å²) in [4.78, 5) is 32.4. The van der Waals surface area contributed by atoms with Crippen LogP contribution in [0.5, 0.6) is 5.75 Å². The molecular formula is C22H27N3O3S. The summed E-state index contributed by atoms with van der Waals surface area (Å²) in [7, 11) is 0. The van der Waals surface area contributed by atoms with Gasteiger partial charge in [0.15, 0.2) is 0 Å². The van der Waals surface area contributed by atoms with Crippen molar-refractivity contribution in [1.29, 1.82) is 0 Å². The van der Waals surface area contributed by atoms with Gasteiger partial charge in [0, 0.05) is 25.0 Å². The van der Waals surface area contributed by atoms with E-state index in [1.807, 2.05) is 29.2 Å². The number of aromatic nitrogens is 1. The molecule has 2 aromatic rings. The molecule has 1 spiro atoms. The molecule has 4 rings (SSSR count). The quantitative estimate of drug-likeness (QED) is 0.773. The lowest BCUT2D eigenvalue weighted by Gasteiger charge is -2.43. The second kappa shape index (κ2) is 8.95. The number of likely N-dealkylation sites (tertiary alicyclic amines) is 1. The number of hydrogen-bond acceptors (Lipinski definition) is 5. The van der Waals surface area contributed by atoms with E-state index in [9.17, 15) is 9.59 Å². The van der Waals surface area contributed by atoms with Crippen LogP contribution in [0.3, 0.4) is 0 Å². The zero-order valence-corrected chi connectivity index (χ0v) is 17.4. The normalized spacial score (nSPS) is 23.3. The number of thiazole rings is 1. The van der Waals surface area contributed by atoms with Crippen molar-refractivity contribution >= 4 is 23.2 Å². The molecule has 0 radical (unpaired) electrons. The molecule has 1 aromatic carbocycles. The third-order valence-electron chi connectivity index (χ3n) is 5.96. The summed E-state index contributed by atoms with van der Waals surface area (Å²) in [6.07, 6.45) is 7.76. The molecule has 6 nitrogen and oxygen atoms in total. The lowest BCUT2D eigenvalue weighted by Crippen LogP contribution is -2.51. The van der Waals surface area contributed by atoms with Gasteiger partial charge in [0.25, 0.3) is 11.8 Å². The summed E-state index contributed by atoms with van der Waals surface area (Å²) < 4.78 is 5.84. The average molecular weight is 414 g/mol. The Hall–Kier alpha value is -2.41. The summed E-state index contributed by atoms with van der Waals surface area (Å²) in [6, 6.07) is 7.42. The van der Waals surface area contributed by atoms with Gasteiger partial charge in [-0.1, -0.05) is 25.0 Å². The minimum absolute atomic E-state index is 0.0581. The Kier molecular flexibility index (Phi) is 6.13. The number of amides is 2. The van der Waals surface area contributed by atoms with Crippen molar-refractivity contribution in [2.75, 3.05) is 26.2 Å². The van der Waals surface area contributed by atoms with E-state index in [2.05, 4.69) is 10.3 Å². The largest absolute Gasteiger partial charge is 0.493 e. The minimum atomic E-state index is -0.105. The highest BCUT2D eigenvalue weighted by atomic mass is 32.1. The zero-order chi connectivity index (χ0) is 20.1. The second-order valence-electron chi connectivity index (χ2n) is 8.03. The van der Waals surface area contributed by atoms with E-state index in [0.29, 0.717) is 35.9 Å². The second-order valence-corrected chi connectivity index (χ2v) is 8.92. The van der Waals surface area contributed by atoms with Gasteiger partial charge in [-0.15, -0.1) is 11.3 Å². The monoisotopic (exact) mass is 413 g/mol. The first-order valence-electron chi connectivity index (χ1n) is 10.3. The number of piperidine rings is 1. The van der Waals surface area contributed by atoms with Gasteiger partial charge in [-0.3, -0.25) is 14.6 Å². The van der Waals surface area contributed by atoms with E-state index in [4.69, 9.17) is 4.74 Å². The van der Waals surface area contributed by atoms with Crippen molar-refractivity contribution in [1.82, 2.24) is 15.2 Å². The number of nitrogens with zero attached hydrogens (tertiary/aromatic N) is 2. The molecule has 1 saturated heterocycles. The predicted octanol–water partition coefficient (Wildman–Crippen LogP) is 3.75. The van der Waals surface area contributed by atoms with E-state index in [1.165, 1.54) is 11.3 Å². The zero-order valence-electron chi connectivity index (χ0n) is 16.6. The third-order valence-corrected chi connectivity index (χ3v) is 6.72. The Labute approximate surface area is 175 Å². The SMILES string of the molecule is O=C1NCC2(CCCCCOc3ccccc31)CCCN(C(=O)c1cncs1)C2. The van der Waals surface area contributed by atoms with Crippen LogP contribution in [0.2, 0.25) is 0 Å². The van der Waals surface area contributed by atoms with E-state index >= 15 is 0 Å². The van der Waals surface area contributed by atoms with Crippen LogP contribution in [0.4, 0.5) is 0 Å². The number of para-hydroxylation sites is 1. The first-order chi connectivity index (χ1) is 14.2. The highest BCUT2D eigenvalue weighted by Gasteiger charge is 2.37. The van der Waals surface area contributed by atoms with Gasteiger partial charge in [-0.25, -0.2) is 0 Å². The van der Waals surface area contributed by atoms with Crippen molar-refractivity contribution in [2.24, 2.45) is 5.41 Å². The molecule has 1 atom stereocenters. The Morgan fingerprint density at radius 3 is 2.90 bits per heavy atom. The maximum Gasteiger partial charge on any atom is 0.265 e. The Balaban J connectivity index is 1.53. The van der Waals surface area contributed by atoms with Crippen LogP contribution in [-0.2, 0) is 0 Å². The molecule has 7 heteroatoms. The molecule has 0 bridgehead atoms. The van der Waals surface area contributed by atoms with Crippen LogP contribution in [0, 0.1) is 5.41 Å². The van der Waals surface area contributed by atoms with Crippen molar-refractivity contribution in [2.45, 2.75) is 38.5 Å². The summed E-state index contributed by atoms with van der Waals surface area (Å²) in [5.41, 5.74) is 2.20. The number of ether oxygens (including phenoxy) is 1. The van der Waals surface area contributed by atoms with E-state index in [-0.39, 0.29) is 17.2 Å². The number of fused-ring (bicyclic) bond motifs is 1. The van der Waals surface area contributed by atoms with Crippen molar-refractivity contribution in [3.05, 3.63) is 46.4 Å². The number of carbonyl (C=O) groups excluding carboxylic acids is 2. The maximum atomic E-state index is 12.9. The van der Waals surface area contributed by atoms with Crippen molar-refractivity contribution in [3.8, 4) is 5.75 Å². The summed E-state index contributed by atoms with van der Waals surface area (Å²) >= 11 is 1.39. The van der Waals surface area contributed by atoms with Crippen LogP contribution in [0.1, 0.15) is 58.6 Å². The molecule has 2 aliphatic heterocycles. The highest BCUT2D eigenvalue weighted by Crippen LogP contribution is 2.36. The fourth-order valence-corrected chi connectivity index (χ4v) is 4.99. The van der Waals surface area contributed by atoms with Crippen LogP contribution in [0.25, 0.3) is 0 Å². The van der Waals surface area contributed by atoms with Gasteiger partial charge in [0.2, 0.25) is 0 Å². The lowest BCUT2D eigenvalue weighted by molar-refractivity contribution is 0.0472. The topological polar surface area (TPSA) is 71.5 Å². The standard InChI is InChI=1S/C22H27N3O3S/c26-20-17-7-2-3-8-18(17)28-12-5-1-4-9-22(14-24-20)10-6-11-25(15-22)21(27)19-13-23-16-29-19/h2-3,7-8,13,16H,1,4-6,9-12,14-15H2,(H,24,26). The van der Waals surface area contributed by atoms with Gasteiger partial charge in [0.1, 0.15) is 10.6 Å². The smallest absolute Gasteiger partial charge is 0.265 e. The fraction of sp³-hybridized carbons (Fsp3) is 0.500. The molecule has 0 saturated carbocycles. The average Bonchev–Trinajstić information content (AvgIpc) is 3.29. The highest BCUT2D eigenvalue weighted by molar-refractivity contribution is 7.11. The Morgan fingerprint density at radius 1 is 1.17 bits per heavy atom. The third kappa shape index (κ3) is 4.61. The van der Waals surface area contributed by atoms with E-state index in [0.717, 1.165) is 45.1 Å². The van der Waals surface area contributed by atoms with Crippen LogP contribution in [0.15, 0.2) is 36.0 Å². The lowest BCUT2D eigenvalue weighted by atomic mass is 9.75. The Bertz CT molecular complexity index is 855. The van der Waals surface area contributed by atoms with Gasteiger partial charge in [0.05, 0.1) is 23.9 Å². The predicted molar refractivity (Wildman–Crippen MR) is 112 cm³/mol. The molecule has 1 unspecified atom stereocenters. The molecule has 1 aromatic heterocycles. The van der Waals surface area contributed by atoms with E-state index < -0.39 is 0 Å². The molecule has 29 heavy (non-hydrogen) atoms. The summed E-state index contributed by atoms with van der Waals surface area (Å²) in [6.45, 7) is 2.64. The minimum Gasteiger partial charge on any atom is -0.493 e. The number of nitrogens with one attached hydrogen (secondary N) is 1. The van der Waals surface area contributed by atoms with E-state index in [1.54, 1.807) is 11.7 Å². The molecule has 0 aliphatic carbocycles. The first-order valence-corrected chi connectivity index (χ1v) is 11.2. The van der Waals surface area contributed by atoms with Crippen molar-refractivity contribution < 1.29 is 14.3 Å². The van der Waals surface area contributed by atoms with Gasteiger partial charge in [-0.2, -0.15) is 0 Å².